The van der Waals surface area contributed by atoms with E-state index in [1.165, 1.54) is 0 Å². The van der Waals surface area contributed by atoms with Crippen molar-refractivity contribution in [1.29, 1.82) is 0 Å². The third kappa shape index (κ3) is 1.76. The van der Waals surface area contributed by atoms with Crippen LogP contribution in [-0.4, -0.2) is 15.0 Å². The molecular formula is C14H13N5S. The van der Waals surface area contributed by atoms with Gasteiger partial charge in [-0.15, -0.1) is 11.3 Å². The summed E-state index contributed by atoms with van der Waals surface area (Å²) in [6, 6.07) is 4.10. The average Bonchev–Trinajstić information content (AvgIpc) is 3.13. The second-order valence-electron chi connectivity index (χ2n) is 4.85. The van der Waals surface area contributed by atoms with E-state index in [4.69, 9.17) is 5.84 Å². The van der Waals surface area contributed by atoms with Crippen molar-refractivity contribution >= 4 is 27.4 Å². The molecule has 0 spiro atoms. The van der Waals surface area contributed by atoms with Crippen LogP contribution in [-0.2, 0) is 12.8 Å². The Morgan fingerprint density at radius 2 is 2.20 bits per heavy atom. The van der Waals surface area contributed by atoms with Gasteiger partial charge in [-0.2, -0.15) is 0 Å². The summed E-state index contributed by atoms with van der Waals surface area (Å²) in [6.07, 6.45) is 4.93. The Balaban J connectivity index is 1.88. The quantitative estimate of drug-likeness (QED) is 0.558. The number of hydrogen-bond donors (Lipinski definition) is 2. The summed E-state index contributed by atoms with van der Waals surface area (Å²) in [5.41, 5.74) is 6.91. The summed E-state index contributed by atoms with van der Waals surface area (Å²) in [4.78, 5) is 13.7. The van der Waals surface area contributed by atoms with Crippen LogP contribution in [0.25, 0.3) is 21.6 Å². The van der Waals surface area contributed by atoms with Gasteiger partial charge in [-0.1, -0.05) is 0 Å². The van der Waals surface area contributed by atoms with Crippen molar-refractivity contribution in [2.24, 2.45) is 5.84 Å². The third-order valence-electron chi connectivity index (χ3n) is 3.63. The van der Waals surface area contributed by atoms with Gasteiger partial charge in [0.2, 0.25) is 0 Å². The first kappa shape index (κ1) is 11.7. The van der Waals surface area contributed by atoms with Crippen LogP contribution in [0.3, 0.4) is 0 Å². The summed E-state index contributed by atoms with van der Waals surface area (Å²) in [5.74, 6) is 7.03. The van der Waals surface area contributed by atoms with E-state index in [9.17, 15) is 0 Å². The molecule has 5 nitrogen and oxygen atoms in total. The molecule has 0 amide bonds. The number of thiophene rings is 1. The molecule has 1 aliphatic carbocycles. The predicted molar refractivity (Wildman–Crippen MR) is 80.5 cm³/mol. The highest BCUT2D eigenvalue weighted by Crippen LogP contribution is 2.30. The molecule has 0 bridgehead atoms. The minimum absolute atomic E-state index is 0.696. The van der Waals surface area contributed by atoms with Crippen LogP contribution in [0.4, 0.5) is 5.82 Å². The van der Waals surface area contributed by atoms with Crippen LogP contribution in [0.5, 0.6) is 0 Å². The fraction of sp³-hybridized carbons (Fsp3) is 0.214. The van der Waals surface area contributed by atoms with E-state index in [0.717, 1.165) is 52.1 Å². The minimum Gasteiger partial charge on any atom is -0.308 e. The van der Waals surface area contributed by atoms with E-state index >= 15 is 0 Å². The second-order valence-corrected chi connectivity index (χ2v) is 5.79. The zero-order chi connectivity index (χ0) is 13.5. The Hall–Kier alpha value is -2.05. The van der Waals surface area contributed by atoms with Gasteiger partial charge in [-0.25, -0.2) is 15.8 Å². The highest BCUT2D eigenvalue weighted by molar-refractivity contribution is 7.17. The number of aryl methyl sites for hydroxylation is 1. The molecule has 1 aliphatic rings. The molecule has 4 rings (SSSR count). The SMILES string of the molecule is NNc1nc(-c2cnc3ccsc3c2)nc2c1CCC2. The minimum atomic E-state index is 0.696. The van der Waals surface area contributed by atoms with Crippen molar-refractivity contribution in [3.63, 3.8) is 0 Å². The van der Waals surface area contributed by atoms with Gasteiger partial charge in [0.15, 0.2) is 5.82 Å². The van der Waals surface area contributed by atoms with Gasteiger partial charge in [-0.05, 0) is 36.8 Å². The van der Waals surface area contributed by atoms with Gasteiger partial charge in [-0.3, -0.25) is 4.98 Å². The molecule has 100 valence electrons. The van der Waals surface area contributed by atoms with Gasteiger partial charge in [0.1, 0.15) is 5.82 Å². The molecule has 0 aromatic carbocycles. The number of hydrogen-bond acceptors (Lipinski definition) is 6. The van der Waals surface area contributed by atoms with Crippen LogP contribution >= 0.6 is 11.3 Å². The summed E-state index contributed by atoms with van der Waals surface area (Å²) in [7, 11) is 0. The van der Waals surface area contributed by atoms with Crippen LogP contribution in [0.1, 0.15) is 17.7 Å². The second kappa shape index (κ2) is 4.50. The van der Waals surface area contributed by atoms with Crippen LogP contribution in [0.2, 0.25) is 0 Å². The molecule has 0 fully saturated rings. The highest BCUT2D eigenvalue weighted by Gasteiger charge is 2.19. The first-order valence-corrected chi connectivity index (χ1v) is 7.43. The Morgan fingerprint density at radius 1 is 1.25 bits per heavy atom. The molecule has 20 heavy (non-hydrogen) atoms. The summed E-state index contributed by atoms with van der Waals surface area (Å²) in [6.45, 7) is 0. The van der Waals surface area contributed by atoms with Gasteiger partial charge in [0, 0.05) is 23.0 Å². The van der Waals surface area contributed by atoms with E-state index < -0.39 is 0 Å². The number of nitrogens with one attached hydrogen (secondary N) is 1. The molecule has 0 radical (unpaired) electrons. The van der Waals surface area contributed by atoms with Crippen LogP contribution in [0.15, 0.2) is 23.7 Å². The fourth-order valence-electron chi connectivity index (χ4n) is 2.65. The fourth-order valence-corrected chi connectivity index (χ4v) is 3.43. The summed E-state index contributed by atoms with van der Waals surface area (Å²) in [5, 5.41) is 2.04. The maximum absolute atomic E-state index is 5.59. The molecule has 6 heteroatoms. The molecular weight excluding hydrogens is 270 g/mol. The van der Waals surface area contributed by atoms with Crippen molar-refractivity contribution < 1.29 is 0 Å². The third-order valence-corrected chi connectivity index (χ3v) is 4.48. The van der Waals surface area contributed by atoms with E-state index in [1.54, 1.807) is 11.3 Å². The van der Waals surface area contributed by atoms with E-state index in [0.29, 0.717) is 5.82 Å². The Bertz CT molecular complexity index is 795. The lowest BCUT2D eigenvalue weighted by Crippen LogP contribution is -2.12. The summed E-state index contributed by atoms with van der Waals surface area (Å²) < 4.78 is 1.15. The van der Waals surface area contributed by atoms with Crippen LogP contribution < -0.4 is 11.3 Å². The van der Waals surface area contributed by atoms with E-state index in [1.807, 2.05) is 17.6 Å². The molecule has 0 atom stereocenters. The molecule has 0 aliphatic heterocycles. The first-order valence-electron chi connectivity index (χ1n) is 6.55. The summed E-state index contributed by atoms with van der Waals surface area (Å²) >= 11 is 1.67. The van der Waals surface area contributed by atoms with Gasteiger partial charge in [0.25, 0.3) is 0 Å². The highest BCUT2D eigenvalue weighted by atomic mass is 32.1. The lowest BCUT2D eigenvalue weighted by Gasteiger charge is -2.09. The predicted octanol–water partition coefficient (Wildman–Crippen LogP) is 2.53. The number of aromatic nitrogens is 3. The lowest BCUT2D eigenvalue weighted by molar-refractivity contribution is 0.900. The number of hydrazine groups is 1. The Kier molecular flexibility index (Phi) is 2.64. The van der Waals surface area contributed by atoms with Gasteiger partial charge >= 0.3 is 0 Å². The number of rotatable bonds is 2. The smallest absolute Gasteiger partial charge is 0.163 e. The zero-order valence-electron chi connectivity index (χ0n) is 10.8. The number of fused-ring (bicyclic) bond motifs is 2. The number of pyridine rings is 1. The number of nitrogen functional groups attached to an aromatic ring is 1. The van der Waals surface area contributed by atoms with Gasteiger partial charge in [0.05, 0.1) is 10.2 Å². The topological polar surface area (TPSA) is 76.7 Å². The average molecular weight is 283 g/mol. The molecule has 0 unspecified atom stereocenters. The number of nitrogens with two attached hydrogens (primary N) is 1. The molecule has 0 saturated heterocycles. The molecule has 0 saturated carbocycles. The maximum Gasteiger partial charge on any atom is 0.163 e. The van der Waals surface area contributed by atoms with Gasteiger partial charge < -0.3 is 5.43 Å². The Morgan fingerprint density at radius 3 is 3.10 bits per heavy atom. The van der Waals surface area contributed by atoms with E-state index in [-0.39, 0.29) is 0 Å². The molecule has 3 aromatic rings. The standard InChI is InChI=1S/C14H13N5S/c15-19-14-9-2-1-3-10(9)17-13(18-14)8-6-12-11(16-7-8)4-5-20-12/h4-7H,1-3,15H2,(H,17,18,19). The molecule has 3 N–H and O–H groups in total. The monoisotopic (exact) mass is 283 g/mol. The first-order chi connectivity index (χ1) is 9.85. The maximum atomic E-state index is 5.59. The largest absolute Gasteiger partial charge is 0.308 e. The zero-order valence-corrected chi connectivity index (χ0v) is 11.6. The molecule has 3 aromatic heterocycles. The number of anilines is 1. The van der Waals surface area contributed by atoms with Crippen molar-refractivity contribution in [2.75, 3.05) is 5.43 Å². The van der Waals surface area contributed by atoms with Crippen molar-refractivity contribution in [1.82, 2.24) is 15.0 Å². The number of nitrogens with zero attached hydrogens (tertiary/aromatic N) is 3. The van der Waals surface area contributed by atoms with Crippen molar-refractivity contribution in [3.8, 4) is 11.4 Å². The van der Waals surface area contributed by atoms with Crippen molar-refractivity contribution in [2.45, 2.75) is 19.3 Å². The normalized spacial score (nSPS) is 13.7. The molecule has 3 heterocycles. The van der Waals surface area contributed by atoms with Crippen molar-refractivity contribution in [3.05, 3.63) is 35.0 Å². The Labute approximate surface area is 119 Å². The van der Waals surface area contributed by atoms with Crippen LogP contribution in [0, 0.1) is 0 Å². The van der Waals surface area contributed by atoms with E-state index in [2.05, 4.69) is 26.4 Å². The lowest BCUT2D eigenvalue weighted by atomic mass is 10.2.